The van der Waals surface area contributed by atoms with Gasteiger partial charge < -0.3 is 11.1 Å². The second-order valence-electron chi connectivity index (χ2n) is 6.43. The molecule has 0 aliphatic carbocycles. The largest absolute Gasteiger partial charge is 0.354 e. The van der Waals surface area contributed by atoms with Gasteiger partial charge in [0, 0.05) is 18.0 Å². The van der Waals surface area contributed by atoms with Gasteiger partial charge in [-0.3, -0.25) is 9.69 Å². The van der Waals surface area contributed by atoms with Crippen LogP contribution in [0.3, 0.4) is 0 Å². The van der Waals surface area contributed by atoms with E-state index in [1.54, 1.807) is 0 Å². The molecule has 2 aromatic rings. The van der Waals surface area contributed by atoms with E-state index in [9.17, 15) is 4.79 Å². The molecule has 1 unspecified atom stereocenters. The van der Waals surface area contributed by atoms with Crippen molar-refractivity contribution in [3.05, 3.63) is 58.3 Å². The molecule has 0 radical (unpaired) electrons. The SMILES string of the molecule is Cl.Cl.NC(C(=O)NCC1CCN(Cc2cccs2)CC1)c1ccccc1. The van der Waals surface area contributed by atoms with Crippen LogP contribution < -0.4 is 11.1 Å². The summed E-state index contributed by atoms with van der Waals surface area (Å²) in [5.74, 6) is 0.471. The molecule has 1 aliphatic rings. The van der Waals surface area contributed by atoms with Gasteiger partial charge >= 0.3 is 0 Å². The van der Waals surface area contributed by atoms with Gasteiger partial charge in [-0.25, -0.2) is 0 Å². The second-order valence-corrected chi connectivity index (χ2v) is 7.46. The summed E-state index contributed by atoms with van der Waals surface area (Å²) in [6.07, 6.45) is 2.26. The molecule has 0 saturated carbocycles. The monoisotopic (exact) mass is 415 g/mol. The maximum absolute atomic E-state index is 12.2. The number of carbonyl (C=O) groups excluding carboxylic acids is 1. The molecule has 3 N–H and O–H groups in total. The molecule has 144 valence electrons. The minimum absolute atomic E-state index is 0. The summed E-state index contributed by atoms with van der Waals surface area (Å²) in [5, 5.41) is 5.16. The highest BCUT2D eigenvalue weighted by atomic mass is 35.5. The maximum Gasteiger partial charge on any atom is 0.241 e. The van der Waals surface area contributed by atoms with E-state index in [1.807, 2.05) is 41.7 Å². The first-order chi connectivity index (χ1) is 11.7. The van der Waals surface area contributed by atoms with E-state index in [1.165, 1.54) is 4.88 Å². The number of hydrogen-bond donors (Lipinski definition) is 2. The molecule has 2 heterocycles. The van der Waals surface area contributed by atoms with Gasteiger partial charge in [0.15, 0.2) is 0 Å². The van der Waals surface area contributed by atoms with Crippen LogP contribution in [0.25, 0.3) is 0 Å². The molecule has 7 heteroatoms. The van der Waals surface area contributed by atoms with Crippen LogP contribution in [0, 0.1) is 5.92 Å². The molecule has 1 fully saturated rings. The lowest BCUT2D eigenvalue weighted by molar-refractivity contribution is -0.122. The van der Waals surface area contributed by atoms with E-state index in [4.69, 9.17) is 5.73 Å². The van der Waals surface area contributed by atoms with Gasteiger partial charge in [-0.15, -0.1) is 36.2 Å². The van der Waals surface area contributed by atoms with E-state index >= 15 is 0 Å². The first kappa shape index (κ1) is 22.9. The zero-order valence-electron chi connectivity index (χ0n) is 14.7. The summed E-state index contributed by atoms with van der Waals surface area (Å²) in [6, 6.07) is 13.3. The summed E-state index contributed by atoms with van der Waals surface area (Å²) in [5.41, 5.74) is 6.89. The predicted octanol–water partition coefficient (Wildman–Crippen LogP) is 3.62. The van der Waals surface area contributed by atoms with Crippen LogP contribution in [0.2, 0.25) is 0 Å². The molecule has 1 aromatic heterocycles. The number of nitrogens with one attached hydrogen (secondary N) is 1. The zero-order chi connectivity index (χ0) is 16.8. The normalized spacial score (nSPS) is 16.2. The van der Waals surface area contributed by atoms with E-state index < -0.39 is 6.04 Å². The molecular weight excluding hydrogens is 389 g/mol. The number of carbonyl (C=O) groups is 1. The number of amides is 1. The summed E-state index contributed by atoms with van der Waals surface area (Å²) < 4.78 is 0. The van der Waals surface area contributed by atoms with E-state index in [-0.39, 0.29) is 30.7 Å². The van der Waals surface area contributed by atoms with Crippen molar-refractivity contribution in [1.29, 1.82) is 0 Å². The highest BCUT2D eigenvalue weighted by Crippen LogP contribution is 2.20. The first-order valence-corrected chi connectivity index (χ1v) is 9.43. The number of nitrogens with zero attached hydrogens (tertiary/aromatic N) is 1. The van der Waals surface area contributed by atoms with Gasteiger partial charge in [-0.05, 0) is 48.9 Å². The molecule has 0 bridgehead atoms. The third kappa shape index (κ3) is 6.56. The predicted molar refractivity (Wildman–Crippen MR) is 113 cm³/mol. The van der Waals surface area contributed by atoms with Crippen LogP contribution in [0.4, 0.5) is 0 Å². The number of rotatable bonds is 6. The molecule has 3 rings (SSSR count). The summed E-state index contributed by atoms with van der Waals surface area (Å²) in [6.45, 7) is 3.98. The fourth-order valence-electron chi connectivity index (χ4n) is 3.14. The molecule has 1 amide bonds. The minimum atomic E-state index is -0.579. The number of nitrogens with two attached hydrogens (primary N) is 1. The smallest absolute Gasteiger partial charge is 0.241 e. The number of thiophene rings is 1. The second kappa shape index (κ2) is 11.6. The highest BCUT2D eigenvalue weighted by molar-refractivity contribution is 7.09. The number of piperidine rings is 1. The summed E-state index contributed by atoms with van der Waals surface area (Å²) in [7, 11) is 0. The van der Waals surface area contributed by atoms with Crippen molar-refractivity contribution in [2.75, 3.05) is 19.6 Å². The quantitative estimate of drug-likeness (QED) is 0.756. The van der Waals surface area contributed by atoms with Gasteiger partial charge in [0.2, 0.25) is 5.91 Å². The Morgan fingerprint density at radius 1 is 1.15 bits per heavy atom. The lowest BCUT2D eigenvalue weighted by Crippen LogP contribution is -2.40. The molecular formula is C19H27Cl2N3OS. The summed E-state index contributed by atoms with van der Waals surface area (Å²) in [4.78, 5) is 16.1. The van der Waals surface area contributed by atoms with E-state index in [0.29, 0.717) is 5.92 Å². The molecule has 1 saturated heterocycles. The van der Waals surface area contributed by atoms with Crippen molar-refractivity contribution in [3.8, 4) is 0 Å². The lowest BCUT2D eigenvalue weighted by atomic mass is 9.96. The van der Waals surface area contributed by atoms with Crippen molar-refractivity contribution in [2.24, 2.45) is 11.7 Å². The summed E-state index contributed by atoms with van der Waals surface area (Å²) >= 11 is 1.82. The fraction of sp³-hybridized carbons (Fsp3) is 0.421. The van der Waals surface area contributed by atoms with Crippen molar-refractivity contribution in [3.63, 3.8) is 0 Å². The van der Waals surface area contributed by atoms with Gasteiger partial charge in [-0.2, -0.15) is 0 Å². The maximum atomic E-state index is 12.2. The lowest BCUT2D eigenvalue weighted by Gasteiger charge is -2.31. The number of hydrogen-bond acceptors (Lipinski definition) is 4. The Labute approximate surface area is 172 Å². The Hall–Kier alpha value is -1.11. The Morgan fingerprint density at radius 2 is 1.85 bits per heavy atom. The standard InChI is InChI=1S/C19H25N3OS.2ClH/c20-18(16-5-2-1-3-6-16)19(23)21-13-15-8-10-22(11-9-15)14-17-7-4-12-24-17;;/h1-7,12,15,18H,8-11,13-14,20H2,(H,21,23);2*1H. The van der Waals surface area contributed by atoms with Crippen LogP contribution in [0.5, 0.6) is 0 Å². The topological polar surface area (TPSA) is 58.4 Å². The van der Waals surface area contributed by atoms with Crippen molar-refractivity contribution < 1.29 is 4.79 Å². The highest BCUT2D eigenvalue weighted by Gasteiger charge is 2.21. The van der Waals surface area contributed by atoms with Crippen molar-refractivity contribution in [1.82, 2.24) is 10.2 Å². The average Bonchev–Trinajstić information content (AvgIpc) is 3.14. The zero-order valence-corrected chi connectivity index (χ0v) is 17.1. The van der Waals surface area contributed by atoms with Crippen LogP contribution in [-0.4, -0.2) is 30.4 Å². The molecule has 26 heavy (non-hydrogen) atoms. The Bertz CT molecular complexity index is 631. The van der Waals surface area contributed by atoms with Crippen molar-refractivity contribution in [2.45, 2.75) is 25.4 Å². The van der Waals surface area contributed by atoms with Crippen LogP contribution in [0.1, 0.15) is 29.3 Å². The molecule has 1 aromatic carbocycles. The molecule has 0 spiro atoms. The van der Waals surface area contributed by atoms with Crippen LogP contribution >= 0.6 is 36.2 Å². The Balaban J connectivity index is 0.00000169. The Kier molecular flexibility index (Phi) is 10.2. The molecule has 1 atom stereocenters. The molecule has 4 nitrogen and oxygen atoms in total. The molecule has 1 aliphatic heterocycles. The number of benzene rings is 1. The number of likely N-dealkylation sites (tertiary alicyclic amines) is 1. The first-order valence-electron chi connectivity index (χ1n) is 8.55. The minimum Gasteiger partial charge on any atom is -0.354 e. The van der Waals surface area contributed by atoms with E-state index in [2.05, 4.69) is 27.7 Å². The Morgan fingerprint density at radius 3 is 2.46 bits per heavy atom. The van der Waals surface area contributed by atoms with Gasteiger partial charge in [-0.1, -0.05) is 36.4 Å². The van der Waals surface area contributed by atoms with Crippen molar-refractivity contribution >= 4 is 42.1 Å². The van der Waals surface area contributed by atoms with Crippen LogP contribution in [-0.2, 0) is 11.3 Å². The average molecular weight is 416 g/mol. The third-order valence-electron chi connectivity index (χ3n) is 4.67. The van der Waals surface area contributed by atoms with E-state index in [0.717, 1.165) is 44.6 Å². The van der Waals surface area contributed by atoms with Gasteiger partial charge in [0.1, 0.15) is 6.04 Å². The van der Waals surface area contributed by atoms with Crippen LogP contribution in [0.15, 0.2) is 47.8 Å². The van der Waals surface area contributed by atoms with Gasteiger partial charge in [0.05, 0.1) is 0 Å². The number of halogens is 2. The fourth-order valence-corrected chi connectivity index (χ4v) is 3.88. The van der Waals surface area contributed by atoms with Gasteiger partial charge in [0.25, 0.3) is 0 Å². The third-order valence-corrected chi connectivity index (χ3v) is 5.53.